The molecule has 0 N–H and O–H groups in total. The quantitative estimate of drug-likeness (QED) is 0.849. The lowest BCUT2D eigenvalue weighted by Gasteiger charge is -2.08. The molecule has 2 rings (SSSR count). The first kappa shape index (κ1) is 15.9. The van der Waals surface area contributed by atoms with Crippen molar-refractivity contribution in [2.45, 2.75) is 27.2 Å². The van der Waals surface area contributed by atoms with Crippen molar-refractivity contribution in [2.75, 3.05) is 6.61 Å². The lowest BCUT2D eigenvalue weighted by Crippen LogP contribution is -2.21. The van der Waals surface area contributed by atoms with Crippen molar-refractivity contribution >= 4 is 29.1 Å². The smallest absolute Gasteiger partial charge is 0.284 e. The summed E-state index contributed by atoms with van der Waals surface area (Å²) in [5.74, 6) is 0.188. The number of nitrogens with zero attached hydrogens (tertiary/aromatic N) is 2. The molecule has 0 saturated carbocycles. The zero-order valence-corrected chi connectivity index (χ0v) is 13.6. The number of carbonyl (C=O) groups excluding carboxylic acids is 1. The van der Waals surface area contributed by atoms with Crippen LogP contribution >= 0.6 is 23.2 Å². The monoisotopic (exact) mass is 326 g/mol. The molecule has 0 atom stereocenters. The Labute approximate surface area is 133 Å². The molecular weight excluding hydrogens is 311 g/mol. The molecule has 112 valence electrons. The van der Waals surface area contributed by atoms with Gasteiger partial charge in [0.25, 0.3) is 5.91 Å². The third-order valence-electron chi connectivity index (χ3n) is 3.28. The van der Waals surface area contributed by atoms with E-state index < -0.39 is 0 Å². The van der Waals surface area contributed by atoms with Crippen LogP contribution in [0, 0.1) is 13.8 Å². The highest BCUT2D eigenvalue weighted by Gasteiger charge is 2.16. The molecule has 0 bridgehead atoms. The van der Waals surface area contributed by atoms with Crippen molar-refractivity contribution < 1.29 is 9.53 Å². The van der Waals surface area contributed by atoms with Crippen LogP contribution < -0.4 is 4.74 Å². The predicted molar refractivity (Wildman–Crippen MR) is 83.7 cm³/mol. The van der Waals surface area contributed by atoms with Crippen molar-refractivity contribution in [3.05, 3.63) is 45.2 Å². The Bertz CT molecular complexity index is 681. The first-order valence-electron chi connectivity index (χ1n) is 6.60. The molecule has 21 heavy (non-hydrogen) atoms. The van der Waals surface area contributed by atoms with Gasteiger partial charge in [-0.05, 0) is 44.0 Å². The number of carbonyl (C=O) groups is 1. The van der Waals surface area contributed by atoms with Crippen LogP contribution in [0.4, 0.5) is 0 Å². The van der Waals surface area contributed by atoms with Gasteiger partial charge in [0, 0.05) is 10.7 Å². The minimum atomic E-state index is -0.235. The second-order valence-corrected chi connectivity index (χ2v) is 5.52. The Morgan fingerprint density at radius 3 is 2.62 bits per heavy atom. The van der Waals surface area contributed by atoms with E-state index in [-0.39, 0.29) is 12.5 Å². The Hall–Kier alpha value is -1.52. The highest BCUT2D eigenvalue weighted by atomic mass is 35.5. The van der Waals surface area contributed by atoms with Crippen molar-refractivity contribution in [2.24, 2.45) is 0 Å². The average Bonchev–Trinajstić information content (AvgIpc) is 2.72. The summed E-state index contributed by atoms with van der Waals surface area (Å²) >= 11 is 11.8. The van der Waals surface area contributed by atoms with E-state index in [2.05, 4.69) is 5.10 Å². The fraction of sp³-hybridized carbons (Fsp3) is 0.333. The van der Waals surface area contributed by atoms with Crippen LogP contribution in [-0.2, 0) is 6.42 Å². The third kappa shape index (κ3) is 3.39. The molecule has 0 amide bonds. The number of hydrogen-bond donors (Lipinski definition) is 0. The summed E-state index contributed by atoms with van der Waals surface area (Å²) in [5.41, 5.74) is 2.81. The number of rotatable bonds is 4. The molecule has 0 aliphatic heterocycles. The van der Waals surface area contributed by atoms with Gasteiger partial charge in [-0.25, -0.2) is 4.68 Å². The maximum Gasteiger partial charge on any atom is 0.284 e. The minimum absolute atomic E-state index is 0.132. The lowest BCUT2D eigenvalue weighted by atomic mass is 10.1. The molecule has 4 nitrogen and oxygen atoms in total. The zero-order valence-electron chi connectivity index (χ0n) is 12.1. The van der Waals surface area contributed by atoms with Gasteiger partial charge < -0.3 is 4.74 Å². The number of ether oxygens (including phenoxy) is 1. The van der Waals surface area contributed by atoms with Gasteiger partial charge in [0.2, 0.25) is 0 Å². The highest BCUT2D eigenvalue weighted by Crippen LogP contribution is 2.27. The Kier molecular flexibility index (Phi) is 4.91. The normalized spacial score (nSPS) is 10.7. The molecule has 0 spiro atoms. The van der Waals surface area contributed by atoms with Crippen molar-refractivity contribution in [3.8, 4) is 5.75 Å². The molecule has 0 radical (unpaired) electrons. The molecule has 6 heteroatoms. The predicted octanol–water partition coefficient (Wildman–Crippen LogP) is 4.09. The second kappa shape index (κ2) is 6.50. The van der Waals surface area contributed by atoms with Crippen LogP contribution in [0.5, 0.6) is 5.75 Å². The summed E-state index contributed by atoms with van der Waals surface area (Å²) in [6.45, 7) is 5.68. The second-order valence-electron chi connectivity index (χ2n) is 4.67. The van der Waals surface area contributed by atoms with E-state index in [1.807, 2.05) is 20.8 Å². The van der Waals surface area contributed by atoms with Gasteiger partial charge in [-0.2, -0.15) is 5.10 Å². The van der Waals surface area contributed by atoms with Crippen LogP contribution in [0.1, 0.15) is 28.7 Å². The molecule has 1 aromatic carbocycles. The maximum atomic E-state index is 12.2. The molecule has 0 aliphatic carbocycles. The van der Waals surface area contributed by atoms with Gasteiger partial charge >= 0.3 is 0 Å². The maximum absolute atomic E-state index is 12.2. The largest absolute Gasteiger partial charge is 0.482 e. The van der Waals surface area contributed by atoms with Crippen LogP contribution in [0.3, 0.4) is 0 Å². The fourth-order valence-corrected chi connectivity index (χ4v) is 2.69. The van der Waals surface area contributed by atoms with E-state index >= 15 is 0 Å². The van der Waals surface area contributed by atoms with Gasteiger partial charge in [-0.1, -0.05) is 30.1 Å². The summed E-state index contributed by atoms with van der Waals surface area (Å²) in [4.78, 5) is 12.2. The number of benzene rings is 1. The number of aromatic nitrogens is 2. The van der Waals surface area contributed by atoms with E-state index in [1.165, 1.54) is 4.68 Å². The topological polar surface area (TPSA) is 44.1 Å². The van der Waals surface area contributed by atoms with Gasteiger partial charge in [0.15, 0.2) is 6.61 Å². The molecule has 0 fully saturated rings. The molecule has 0 unspecified atom stereocenters. The Morgan fingerprint density at radius 2 is 2.05 bits per heavy atom. The Balaban J connectivity index is 2.12. The third-order valence-corrected chi connectivity index (χ3v) is 3.81. The molecule has 1 aromatic heterocycles. The number of hydrogen-bond acceptors (Lipinski definition) is 3. The molecule has 0 saturated heterocycles. The standard InChI is InChI=1S/C15H16Cl2N2O2/c1-4-12-9(2)18-19(10(12)3)15(20)8-21-14-6-5-11(16)7-13(14)17/h5-7H,4,8H2,1-3H3. The SMILES string of the molecule is CCc1c(C)nn(C(=O)COc2ccc(Cl)cc2Cl)c1C. The lowest BCUT2D eigenvalue weighted by molar-refractivity contribution is 0.0818. The van der Waals surface area contributed by atoms with Crippen LogP contribution in [0.2, 0.25) is 10.0 Å². The van der Waals surface area contributed by atoms with E-state index in [0.717, 1.165) is 23.4 Å². The summed E-state index contributed by atoms with van der Waals surface area (Å²) in [5, 5.41) is 5.15. The minimum Gasteiger partial charge on any atom is -0.482 e. The van der Waals surface area contributed by atoms with Gasteiger partial charge in [0.05, 0.1) is 10.7 Å². The average molecular weight is 327 g/mol. The van der Waals surface area contributed by atoms with Gasteiger partial charge in [-0.3, -0.25) is 4.79 Å². The molecule has 0 aliphatic rings. The summed E-state index contributed by atoms with van der Waals surface area (Å²) in [6, 6.07) is 4.86. The zero-order chi connectivity index (χ0) is 15.6. The van der Waals surface area contributed by atoms with E-state index in [9.17, 15) is 4.79 Å². The van der Waals surface area contributed by atoms with Crippen LogP contribution in [0.25, 0.3) is 0 Å². The van der Waals surface area contributed by atoms with Crippen LogP contribution in [-0.4, -0.2) is 22.3 Å². The first-order valence-corrected chi connectivity index (χ1v) is 7.35. The van der Waals surface area contributed by atoms with Crippen molar-refractivity contribution in [3.63, 3.8) is 0 Å². The summed E-state index contributed by atoms with van der Waals surface area (Å²) in [6.07, 6.45) is 0.842. The van der Waals surface area contributed by atoms with Crippen molar-refractivity contribution in [1.29, 1.82) is 0 Å². The van der Waals surface area contributed by atoms with E-state index in [0.29, 0.717) is 15.8 Å². The fourth-order valence-electron chi connectivity index (χ4n) is 2.22. The molecule has 1 heterocycles. The number of aryl methyl sites for hydroxylation is 1. The van der Waals surface area contributed by atoms with E-state index in [1.54, 1.807) is 18.2 Å². The molecule has 2 aromatic rings. The van der Waals surface area contributed by atoms with Crippen molar-refractivity contribution in [1.82, 2.24) is 9.78 Å². The van der Waals surface area contributed by atoms with E-state index in [4.69, 9.17) is 27.9 Å². The van der Waals surface area contributed by atoms with Gasteiger partial charge in [-0.15, -0.1) is 0 Å². The number of halogens is 2. The summed E-state index contributed by atoms with van der Waals surface area (Å²) < 4.78 is 6.83. The van der Waals surface area contributed by atoms with Crippen LogP contribution in [0.15, 0.2) is 18.2 Å². The highest BCUT2D eigenvalue weighted by molar-refractivity contribution is 6.35. The summed E-state index contributed by atoms with van der Waals surface area (Å²) in [7, 11) is 0. The molecular formula is C15H16Cl2N2O2. The van der Waals surface area contributed by atoms with Gasteiger partial charge in [0.1, 0.15) is 5.75 Å². The Morgan fingerprint density at radius 1 is 1.33 bits per heavy atom. The first-order chi connectivity index (χ1) is 9.93.